The molecule has 6 nitrogen and oxygen atoms in total. The van der Waals surface area contributed by atoms with Gasteiger partial charge in [-0.1, -0.05) is 6.42 Å². The second kappa shape index (κ2) is 8.09. The third kappa shape index (κ3) is 3.72. The summed E-state index contributed by atoms with van der Waals surface area (Å²) >= 11 is 0. The van der Waals surface area contributed by atoms with Gasteiger partial charge in [-0.15, -0.1) is 0 Å². The normalized spacial score (nSPS) is 22.6. The first kappa shape index (κ1) is 18.5. The zero-order valence-corrected chi connectivity index (χ0v) is 17.0. The van der Waals surface area contributed by atoms with Gasteiger partial charge in [-0.25, -0.2) is 9.97 Å². The highest BCUT2D eigenvalue weighted by atomic mass is 16.2. The highest BCUT2D eigenvalue weighted by Crippen LogP contribution is 2.36. The average molecular weight is 392 g/mol. The van der Waals surface area contributed by atoms with Crippen molar-refractivity contribution >= 4 is 11.9 Å². The molecule has 1 unspecified atom stereocenters. The third-order valence-corrected chi connectivity index (χ3v) is 6.76. The lowest BCUT2D eigenvalue weighted by atomic mass is 9.83. The third-order valence-electron chi connectivity index (χ3n) is 6.76. The van der Waals surface area contributed by atoms with Crippen molar-refractivity contribution in [3.05, 3.63) is 36.4 Å². The summed E-state index contributed by atoms with van der Waals surface area (Å²) in [6.45, 7) is 3.74. The molecule has 3 fully saturated rings. The van der Waals surface area contributed by atoms with Crippen LogP contribution in [-0.2, 0) is 4.79 Å². The molecule has 152 valence electrons. The first-order chi connectivity index (χ1) is 14.3. The highest BCUT2D eigenvalue weighted by molar-refractivity contribution is 5.80. The molecule has 5 rings (SSSR count). The fourth-order valence-corrected chi connectivity index (χ4v) is 4.83. The van der Waals surface area contributed by atoms with E-state index in [4.69, 9.17) is 9.97 Å². The van der Waals surface area contributed by atoms with Gasteiger partial charge in [0, 0.05) is 62.2 Å². The minimum Gasteiger partial charge on any atom is -0.342 e. The van der Waals surface area contributed by atoms with Crippen molar-refractivity contribution in [2.75, 3.05) is 31.1 Å². The quantitative estimate of drug-likeness (QED) is 0.796. The zero-order valence-electron chi connectivity index (χ0n) is 17.0. The average Bonchev–Trinajstić information content (AvgIpc) is 3.28. The smallest absolute Gasteiger partial charge is 0.225 e. The van der Waals surface area contributed by atoms with Gasteiger partial charge in [0.05, 0.1) is 5.69 Å². The van der Waals surface area contributed by atoms with Crippen LogP contribution in [0.5, 0.6) is 0 Å². The Bertz CT molecular complexity index is 861. The number of hydrogen-bond acceptors (Lipinski definition) is 5. The molecule has 4 heterocycles. The molecule has 2 aromatic heterocycles. The number of piperidine rings is 1. The second-order valence-corrected chi connectivity index (χ2v) is 8.65. The number of anilines is 1. The number of hydrogen-bond donors (Lipinski definition) is 0. The van der Waals surface area contributed by atoms with Crippen LogP contribution in [0.25, 0.3) is 11.1 Å². The molecule has 1 amide bonds. The molecule has 3 aliphatic rings. The fourth-order valence-electron chi connectivity index (χ4n) is 4.83. The SMILES string of the molecule is O=C(C1CCC1)N1CCCC(c2nc(N3CCCC3)ncc2-c2ccncc2)C1. The van der Waals surface area contributed by atoms with Crippen molar-refractivity contribution in [1.29, 1.82) is 0 Å². The Morgan fingerprint density at radius 1 is 0.966 bits per heavy atom. The molecular weight excluding hydrogens is 362 g/mol. The van der Waals surface area contributed by atoms with Crippen molar-refractivity contribution in [3.8, 4) is 11.1 Å². The van der Waals surface area contributed by atoms with E-state index in [9.17, 15) is 4.79 Å². The maximum Gasteiger partial charge on any atom is 0.225 e. The maximum absolute atomic E-state index is 12.9. The molecular formula is C23H29N5O. The molecule has 2 aromatic rings. The summed E-state index contributed by atoms with van der Waals surface area (Å²) in [5.74, 6) is 1.73. The van der Waals surface area contributed by atoms with E-state index in [1.165, 1.54) is 19.3 Å². The van der Waals surface area contributed by atoms with Crippen LogP contribution < -0.4 is 4.90 Å². The molecule has 1 atom stereocenters. The Morgan fingerprint density at radius 3 is 2.48 bits per heavy atom. The number of carbonyl (C=O) groups is 1. The summed E-state index contributed by atoms with van der Waals surface area (Å²) in [5, 5.41) is 0. The van der Waals surface area contributed by atoms with Gasteiger partial charge in [0.25, 0.3) is 0 Å². The molecule has 2 aliphatic heterocycles. The molecule has 1 aliphatic carbocycles. The van der Waals surface area contributed by atoms with Crippen LogP contribution in [-0.4, -0.2) is 51.9 Å². The predicted molar refractivity (Wildman–Crippen MR) is 113 cm³/mol. The van der Waals surface area contributed by atoms with E-state index in [1.807, 2.05) is 30.7 Å². The van der Waals surface area contributed by atoms with Crippen molar-refractivity contribution in [2.45, 2.75) is 50.9 Å². The van der Waals surface area contributed by atoms with E-state index in [0.29, 0.717) is 5.91 Å². The van der Waals surface area contributed by atoms with E-state index in [2.05, 4.69) is 14.8 Å². The summed E-state index contributed by atoms with van der Waals surface area (Å²) in [6.07, 6.45) is 13.5. The van der Waals surface area contributed by atoms with Crippen molar-refractivity contribution in [2.24, 2.45) is 5.92 Å². The summed E-state index contributed by atoms with van der Waals surface area (Å²) in [6, 6.07) is 4.05. The zero-order chi connectivity index (χ0) is 19.6. The lowest BCUT2D eigenvalue weighted by molar-refractivity contribution is -0.139. The van der Waals surface area contributed by atoms with Crippen molar-refractivity contribution in [3.63, 3.8) is 0 Å². The molecule has 2 saturated heterocycles. The number of nitrogens with zero attached hydrogens (tertiary/aromatic N) is 5. The predicted octanol–water partition coefficient (Wildman–Crippen LogP) is 3.64. The molecule has 0 spiro atoms. The van der Waals surface area contributed by atoms with Crippen LogP contribution >= 0.6 is 0 Å². The number of aromatic nitrogens is 3. The minimum atomic E-state index is 0.263. The Hall–Kier alpha value is -2.50. The van der Waals surface area contributed by atoms with E-state index >= 15 is 0 Å². The Balaban J connectivity index is 1.47. The Labute approximate surface area is 172 Å². The largest absolute Gasteiger partial charge is 0.342 e. The summed E-state index contributed by atoms with van der Waals surface area (Å²) < 4.78 is 0. The number of pyridine rings is 1. The molecule has 6 heteroatoms. The van der Waals surface area contributed by atoms with Gasteiger partial charge in [-0.2, -0.15) is 0 Å². The van der Waals surface area contributed by atoms with Gasteiger partial charge in [-0.3, -0.25) is 9.78 Å². The minimum absolute atomic E-state index is 0.263. The lowest BCUT2D eigenvalue weighted by Gasteiger charge is -2.37. The monoisotopic (exact) mass is 391 g/mol. The Morgan fingerprint density at radius 2 is 1.76 bits per heavy atom. The van der Waals surface area contributed by atoms with Crippen molar-refractivity contribution in [1.82, 2.24) is 19.9 Å². The van der Waals surface area contributed by atoms with Crippen LogP contribution in [0.2, 0.25) is 0 Å². The number of amides is 1. The van der Waals surface area contributed by atoms with E-state index in [-0.39, 0.29) is 11.8 Å². The van der Waals surface area contributed by atoms with Gasteiger partial charge in [-0.05, 0) is 56.2 Å². The van der Waals surface area contributed by atoms with Crippen LogP contribution in [0.15, 0.2) is 30.7 Å². The van der Waals surface area contributed by atoms with Crippen LogP contribution in [0.1, 0.15) is 56.6 Å². The summed E-state index contributed by atoms with van der Waals surface area (Å²) in [7, 11) is 0. The van der Waals surface area contributed by atoms with Gasteiger partial charge in [0.1, 0.15) is 0 Å². The Kier molecular flexibility index (Phi) is 5.17. The molecule has 0 radical (unpaired) electrons. The molecule has 0 N–H and O–H groups in total. The lowest BCUT2D eigenvalue weighted by Crippen LogP contribution is -2.44. The highest BCUT2D eigenvalue weighted by Gasteiger charge is 2.34. The first-order valence-corrected chi connectivity index (χ1v) is 11.1. The van der Waals surface area contributed by atoms with E-state index in [0.717, 1.165) is 74.6 Å². The summed E-state index contributed by atoms with van der Waals surface area (Å²) in [4.78, 5) is 31.2. The van der Waals surface area contributed by atoms with Gasteiger partial charge in [0.15, 0.2) is 0 Å². The number of likely N-dealkylation sites (tertiary alicyclic amines) is 1. The summed E-state index contributed by atoms with van der Waals surface area (Å²) in [5.41, 5.74) is 3.28. The van der Waals surface area contributed by atoms with Crippen molar-refractivity contribution < 1.29 is 4.79 Å². The van der Waals surface area contributed by atoms with E-state index < -0.39 is 0 Å². The van der Waals surface area contributed by atoms with Gasteiger partial charge in [0.2, 0.25) is 11.9 Å². The fraction of sp³-hybridized carbons (Fsp3) is 0.565. The molecule has 29 heavy (non-hydrogen) atoms. The number of carbonyl (C=O) groups excluding carboxylic acids is 1. The van der Waals surface area contributed by atoms with Crippen LogP contribution in [0.4, 0.5) is 5.95 Å². The van der Waals surface area contributed by atoms with Gasteiger partial charge < -0.3 is 9.80 Å². The van der Waals surface area contributed by atoms with Gasteiger partial charge >= 0.3 is 0 Å². The number of rotatable bonds is 4. The first-order valence-electron chi connectivity index (χ1n) is 11.1. The molecule has 0 aromatic carbocycles. The van der Waals surface area contributed by atoms with Crippen LogP contribution in [0.3, 0.4) is 0 Å². The van der Waals surface area contributed by atoms with Crippen LogP contribution in [0, 0.1) is 5.92 Å². The van der Waals surface area contributed by atoms with E-state index in [1.54, 1.807) is 0 Å². The molecule has 1 saturated carbocycles. The second-order valence-electron chi connectivity index (χ2n) is 8.65. The molecule has 0 bridgehead atoms. The topological polar surface area (TPSA) is 62.2 Å². The maximum atomic E-state index is 12.9. The standard InChI is InChI=1S/C23H29N5O/c29-22(18-5-3-6-18)28-14-4-7-19(16-28)21-20(17-8-10-24-11-9-17)15-25-23(26-21)27-12-1-2-13-27/h8-11,15,18-19H,1-7,12-14,16H2.